The molecule has 6 heteroatoms. The molecule has 2 amide bonds. The fourth-order valence-electron chi connectivity index (χ4n) is 2.47. The first-order chi connectivity index (χ1) is 13.0. The lowest BCUT2D eigenvalue weighted by atomic mass is 10.1. The van der Waals surface area contributed by atoms with Crippen LogP contribution in [0.15, 0.2) is 40.9 Å². The zero-order chi connectivity index (χ0) is 19.8. The van der Waals surface area contributed by atoms with Crippen molar-refractivity contribution in [3.63, 3.8) is 0 Å². The van der Waals surface area contributed by atoms with Crippen LogP contribution in [0.5, 0.6) is 5.75 Å². The lowest BCUT2D eigenvalue weighted by Crippen LogP contribution is -2.16. The van der Waals surface area contributed by atoms with E-state index >= 15 is 0 Å². The maximum Gasteiger partial charge on any atom is 0.259 e. The first-order valence-electron chi connectivity index (χ1n) is 9.09. The van der Waals surface area contributed by atoms with Crippen molar-refractivity contribution >= 4 is 39.1 Å². The van der Waals surface area contributed by atoms with Gasteiger partial charge in [0.25, 0.3) is 5.91 Å². The molecule has 0 saturated carbocycles. The number of rotatable bonds is 8. The lowest BCUT2D eigenvalue weighted by Gasteiger charge is -2.15. The van der Waals surface area contributed by atoms with E-state index in [1.807, 2.05) is 25.1 Å². The average Bonchev–Trinajstić information content (AvgIpc) is 2.66. The van der Waals surface area contributed by atoms with E-state index in [1.54, 1.807) is 25.1 Å². The summed E-state index contributed by atoms with van der Waals surface area (Å²) in [4.78, 5) is 24.5. The van der Waals surface area contributed by atoms with Gasteiger partial charge in [0.05, 0.1) is 12.2 Å². The summed E-state index contributed by atoms with van der Waals surface area (Å²) in [6, 6.07) is 10.8. The van der Waals surface area contributed by atoms with Crippen LogP contribution in [0, 0.1) is 6.92 Å². The Kier molecular flexibility index (Phi) is 7.85. The molecule has 0 atom stereocenters. The molecule has 0 heterocycles. The van der Waals surface area contributed by atoms with Gasteiger partial charge in [0.1, 0.15) is 5.75 Å². The number of benzene rings is 2. The largest absolute Gasteiger partial charge is 0.493 e. The van der Waals surface area contributed by atoms with Crippen LogP contribution < -0.4 is 15.4 Å². The number of ether oxygens (including phenoxy) is 1. The van der Waals surface area contributed by atoms with E-state index in [2.05, 4.69) is 33.5 Å². The summed E-state index contributed by atoms with van der Waals surface area (Å²) in [7, 11) is 0. The van der Waals surface area contributed by atoms with Gasteiger partial charge in [-0.1, -0.05) is 42.3 Å². The van der Waals surface area contributed by atoms with E-state index in [4.69, 9.17) is 4.74 Å². The molecule has 144 valence electrons. The molecule has 0 fully saturated rings. The predicted octanol–water partition coefficient (Wildman–Crippen LogP) is 5.54. The molecule has 2 aromatic carbocycles. The zero-order valence-electron chi connectivity index (χ0n) is 15.9. The minimum absolute atomic E-state index is 0.0693. The Hall–Kier alpha value is -2.34. The van der Waals surface area contributed by atoms with Gasteiger partial charge < -0.3 is 15.4 Å². The molecule has 5 nitrogen and oxygen atoms in total. The van der Waals surface area contributed by atoms with Crippen molar-refractivity contribution in [3.8, 4) is 5.75 Å². The number of hydrogen-bond acceptors (Lipinski definition) is 3. The summed E-state index contributed by atoms with van der Waals surface area (Å²) in [6.45, 7) is 6.31. The molecular weight excluding hydrogens is 408 g/mol. The minimum Gasteiger partial charge on any atom is -0.493 e. The number of carbonyl (C=O) groups is 2. The predicted molar refractivity (Wildman–Crippen MR) is 113 cm³/mol. The van der Waals surface area contributed by atoms with E-state index in [-0.39, 0.29) is 11.8 Å². The van der Waals surface area contributed by atoms with Crippen molar-refractivity contribution in [2.75, 3.05) is 17.2 Å². The Balaban J connectivity index is 2.23. The normalized spacial score (nSPS) is 10.4. The highest BCUT2D eigenvalue weighted by Gasteiger charge is 2.16. The van der Waals surface area contributed by atoms with Gasteiger partial charge in [-0.3, -0.25) is 9.59 Å². The van der Waals surface area contributed by atoms with Crippen molar-refractivity contribution in [1.29, 1.82) is 0 Å². The Morgan fingerprint density at radius 1 is 1.07 bits per heavy atom. The maximum atomic E-state index is 12.9. The number of halogens is 1. The first-order valence-corrected chi connectivity index (χ1v) is 9.88. The lowest BCUT2D eigenvalue weighted by molar-refractivity contribution is -0.115. The third-order valence-corrected chi connectivity index (χ3v) is 4.61. The molecule has 2 rings (SSSR count). The number of amides is 2. The smallest absolute Gasteiger partial charge is 0.259 e. The zero-order valence-corrected chi connectivity index (χ0v) is 17.5. The number of nitrogens with one attached hydrogen (secondary N) is 2. The van der Waals surface area contributed by atoms with Gasteiger partial charge in [0.2, 0.25) is 5.91 Å². The van der Waals surface area contributed by atoms with E-state index in [0.29, 0.717) is 35.7 Å². The van der Waals surface area contributed by atoms with Crippen molar-refractivity contribution in [2.45, 2.75) is 40.0 Å². The van der Waals surface area contributed by atoms with Crippen LogP contribution in [0.4, 0.5) is 11.4 Å². The van der Waals surface area contributed by atoms with Crippen LogP contribution in [-0.4, -0.2) is 18.4 Å². The molecular formula is C21H25BrN2O3. The Bertz CT molecular complexity index is 821. The van der Waals surface area contributed by atoms with Gasteiger partial charge in [-0.25, -0.2) is 0 Å². The highest BCUT2D eigenvalue weighted by molar-refractivity contribution is 9.10. The molecule has 0 unspecified atom stereocenters. The van der Waals surface area contributed by atoms with Crippen molar-refractivity contribution in [2.24, 2.45) is 0 Å². The van der Waals surface area contributed by atoms with Gasteiger partial charge >= 0.3 is 0 Å². The van der Waals surface area contributed by atoms with Gasteiger partial charge in [-0.2, -0.15) is 0 Å². The summed E-state index contributed by atoms with van der Waals surface area (Å²) in [5, 5.41) is 5.77. The Morgan fingerprint density at radius 2 is 1.78 bits per heavy atom. The second-order valence-electron chi connectivity index (χ2n) is 6.18. The topological polar surface area (TPSA) is 67.4 Å². The van der Waals surface area contributed by atoms with Gasteiger partial charge in [-0.15, -0.1) is 0 Å². The highest BCUT2D eigenvalue weighted by Crippen LogP contribution is 2.27. The first kappa shape index (κ1) is 21.0. The fraction of sp³-hybridized carbons (Fsp3) is 0.333. The summed E-state index contributed by atoms with van der Waals surface area (Å²) >= 11 is 3.41. The minimum atomic E-state index is -0.259. The number of hydrogen-bond donors (Lipinski definition) is 2. The van der Waals surface area contributed by atoms with E-state index in [9.17, 15) is 9.59 Å². The van der Waals surface area contributed by atoms with Crippen molar-refractivity contribution < 1.29 is 14.3 Å². The molecule has 0 radical (unpaired) electrons. The second kappa shape index (κ2) is 10.1. The summed E-state index contributed by atoms with van der Waals surface area (Å²) in [6.07, 6.45) is 2.34. The molecule has 0 aliphatic carbocycles. The quantitative estimate of drug-likeness (QED) is 0.538. The van der Waals surface area contributed by atoms with Gasteiger partial charge in [-0.05, 0) is 49.2 Å². The molecule has 0 spiro atoms. The van der Waals surface area contributed by atoms with E-state index in [1.165, 1.54) is 0 Å². The molecule has 0 aliphatic heterocycles. The van der Waals surface area contributed by atoms with Crippen molar-refractivity contribution in [1.82, 2.24) is 0 Å². The highest BCUT2D eigenvalue weighted by atomic mass is 79.9. The molecule has 0 saturated heterocycles. The number of unbranched alkanes of at least 4 members (excludes halogenated alkanes) is 1. The summed E-state index contributed by atoms with van der Waals surface area (Å²) < 4.78 is 6.58. The standard InChI is InChI=1S/C21H25BrN2O3/c1-4-6-12-27-19-11-10-15(22)13-16(19)21(26)24-18-9-7-8-17(14(18)3)23-20(25)5-2/h7-11,13H,4-6,12H2,1-3H3,(H,23,25)(H,24,26). The van der Waals surface area contributed by atoms with Crippen molar-refractivity contribution in [3.05, 3.63) is 52.0 Å². The third kappa shape index (κ3) is 5.82. The molecule has 2 N–H and O–H groups in total. The molecule has 0 aromatic heterocycles. The van der Waals surface area contributed by atoms with Gasteiger partial charge in [0.15, 0.2) is 0 Å². The van der Waals surface area contributed by atoms with Crippen LogP contribution in [-0.2, 0) is 4.79 Å². The Morgan fingerprint density at radius 3 is 2.44 bits per heavy atom. The van der Waals surface area contributed by atoms with Gasteiger partial charge in [0, 0.05) is 22.3 Å². The van der Waals surface area contributed by atoms with Crippen LogP contribution in [0.2, 0.25) is 0 Å². The van der Waals surface area contributed by atoms with Crippen LogP contribution in [0.3, 0.4) is 0 Å². The second-order valence-corrected chi connectivity index (χ2v) is 7.09. The number of carbonyl (C=O) groups excluding carboxylic acids is 2. The molecule has 27 heavy (non-hydrogen) atoms. The molecule has 0 aliphatic rings. The monoisotopic (exact) mass is 432 g/mol. The van der Waals surface area contributed by atoms with E-state index in [0.717, 1.165) is 22.9 Å². The maximum absolute atomic E-state index is 12.9. The molecule has 2 aromatic rings. The average molecular weight is 433 g/mol. The van der Waals surface area contributed by atoms with Crippen LogP contribution >= 0.6 is 15.9 Å². The van der Waals surface area contributed by atoms with Crippen LogP contribution in [0.1, 0.15) is 49.0 Å². The third-order valence-electron chi connectivity index (χ3n) is 4.12. The Labute approximate surface area is 168 Å². The number of anilines is 2. The molecule has 0 bridgehead atoms. The van der Waals surface area contributed by atoms with Crippen LogP contribution in [0.25, 0.3) is 0 Å². The fourth-order valence-corrected chi connectivity index (χ4v) is 2.83. The SMILES string of the molecule is CCCCOc1ccc(Br)cc1C(=O)Nc1cccc(NC(=O)CC)c1C. The summed E-state index contributed by atoms with van der Waals surface area (Å²) in [5.41, 5.74) is 2.60. The summed E-state index contributed by atoms with van der Waals surface area (Å²) in [5.74, 6) is 0.224. The van der Waals surface area contributed by atoms with E-state index < -0.39 is 0 Å².